The van der Waals surface area contributed by atoms with Crippen molar-refractivity contribution in [1.29, 1.82) is 0 Å². The van der Waals surface area contributed by atoms with Crippen molar-refractivity contribution in [2.45, 2.75) is 30.1 Å². The smallest absolute Gasteiger partial charge is 0.234 e. The van der Waals surface area contributed by atoms with E-state index in [-0.39, 0.29) is 12.4 Å². The number of aryl methyl sites for hydroxylation is 1. The molecular weight excluding hydrogens is 477 g/mol. The highest BCUT2D eigenvalue weighted by Crippen LogP contribution is 2.46. The molecule has 0 N–H and O–H groups in total. The first kappa shape index (κ1) is 22.8. The maximum absolute atomic E-state index is 13.7. The van der Waals surface area contributed by atoms with Crippen LogP contribution < -0.4 is 0 Å². The standard InChI is InChI=1S/C27H23FN5O2S/c1-19-3-2-4-24(13-19)36(34,35)32-12-10-21-14-25-20(15-27(21,17-32)26-9-11-29-18-30-26)16-31-33(25)23-7-5-22(28)6-8-23/h2-9,11,13-14,16H,10,12,15,17H2,1H3/t27-/m0/s1. The topological polar surface area (TPSA) is 81.0 Å². The minimum Gasteiger partial charge on any atom is -0.234 e. The van der Waals surface area contributed by atoms with E-state index in [0.29, 0.717) is 24.3 Å². The third-order valence-corrected chi connectivity index (χ3v) is 8.95. The molecule has 4 aromatic rings. The Bertz CT molecular complexity index is 1580. The number of fused-ring (bicyclic) bond motifs is 2. The molecule has 1 radical (unpaired) electrons. The van der Waals surface area contributed by atoms with Gasteiger partial charge in [-0.15, -0.1) is 0 Å². The monoisotopic (exact) mass is 500 g/mol. The first-order chi connectivity index (χ1) is 17.4. The van der Waals surface area contributed by atoms with E-state index in [1.807, 2.05) is 19.1 Å². The van der Waals surface area contributed by atoms with E-state index in [4.69, 9.17) is 0 Å². The van der Waals surface area contributed by atoms with Crippen LogP contribution in [0.3, 0.4) is 0 Å². The van der Waals surface area contributed by atoms with Gasteiger partial charge in [0, 0.05) is 19.3 Å². The number of piperidine rings is 1. The van der Waals surface area contributed by atoms with E-state index in [9.17, 15) is 12.8 Å². The average Bonchev–Trinajstić information content (AvgIpc) is 3.30. The van der Waals surface area contributed by atoms with Crippen LogP contribution in [0.25, 0.3) is 11.8 Å². The molecule has 7 nitrogen and oxygen atoms in total. The Kier molecular flexibility index (Phi) is 5.35. The van der Waals surface area contributed by atoms with Crippen LogP contribution in [0.4, 0.5) is 4.39 Å². The summed E-state index contributed by atoms with van der Waals surface area (Å²) in [6.45, 7) is 2.50. The van der Waals surface area contributed by atoms with Crippen molar-refractivity contribution in [3.63, 3.8) is 0 Å². The third-order valence-electron chi connectivity index (χ3n) is 7.10. The largest absolute Gasteiger partial charge is 0.243 e. The molecule has 0 saturated carbocycles. The van der Waals surface area contributed by atoms with E-state index in [1.54, 1.807) is 51.7 Å². The zero-order valence-electron chi connectivity index (χ0n) is 19.6. The van der Waals surface area contributed by atoms with Gasteiger partial charge < -0.3 is 0 Å². The van der Waals surface area contributed by atoms with Gasteiger partial charge in [0.25, 0.3) is 0 Å². The molecule has 0 spiro atoms. The molecule has 3 heterocycles. The Labute approximate surface area is 209 Å². The molecule has 0 unspecified atom stereocenters. The van der Waals surface area contributed by atoms with Gasteiger partial charge in [-0.05, 0) is 79.4 Å². The Morgan fingerprint density at radius 1 is 1.11 bits per heavy atom. The van der Waals surface area contributed by atoms with Gasteiger partial charge in [-0.3, -0.25) is 0 Å². The molecule has 2 aromatic heterocycles. The quantitative estimate of drug-likeness (QED) is 0.425. The molecule has 1 fully saturated rings. The molecule has 0 bridgehead atoms. The number of hydrogen-bond donors (Lipinski definition) is 0. The summed E-state index contributed by atoms with van der Waals surface area (Å²) in [6, 6.07) is 15.0. The zero-order chi connectivity index (χ0) is 24.9. The second-order valence-corrected chi connectivity index (χ2v) is 11.3. The van der Waals surface area contributed by atoms with Crippen molar-refractivity contribution in [3.05, 3.63) is 107 Å². The van der Waals surface area contributed by atoms with Gasteiger partial charge in [0.05, 0.1) is 33.6 Å². The van der Waals surface area contributed by atoms with Gasteiger partial charge in [0.2, 0.25) is 10.0 Å². The Morgan fingerprint density at radius 2 is 1.94 bits per heavy atom. The Hall–Kier alpha value is -3.69. The van der Waals surface area contributed by atoms with Crippen LogP contribution in [0.2, 0.25) is 0 Å². The van der Waals surface area contributed by atoms with Gasteiger partial charge in [-0.1, -0.05) is 17.7 Å². The molecule has 0 amide bonds. The van der Waals surface area contributed by atoms with Crippen LogP contribution in [-0.2, 0) is 21.9 Å². The lowest BCUT2D eigenvalue weighted by atomic mass is 9.67. The van der Waals surface area contributed by atoms with Crippen LogP contribution >= 0.6 is 0 Å². The van der Waals surface area contributed by atoms with Gasteiger partial charge in [-0.2, -0.15) is 9.40 Å². The van der Waals surface area contributed by atoms with Crippen molar-refractivity contribution in [3.8, 4) is 5.69 Å². The van der Waals surface area contributed by atoms with Crippen molar-refractivity contribution in [2.24, 2.45) is 0 Å². The van der Waals surface area contributed by atoms with E-state index in [1.165, 1.54) is 12.1 Å². The third kappa shape index (κ3) is 3.66. The zero-order valence-corrected chi connectivity index (χ0v) is 20.4. The molecule has 1 saturated heterocycles. The van der Waals surface area contributed by atoms with Crippen molar-refractivity contribution in [1.82, 2.24) is 24.1 Å². The van der Waals surface area contributed by atoms with Gasteiger partial charge in [-0.25, -0.2) is 27.5 Å². The first-order valence-corrected chi connectivity index (χ1v) is 13.1. The number of hydrogen-bond acceptors (Lipinski definition) is 5. The Morgan fingerprint density at radius 3 is 2.69 bits per heavy atom. The predicted molar refractivity (Wildman–Crippen MR) is 132 cm³/mol. The number of benzene rings is 2. The number of halogens is 1. The highest BCUT2D eigenvalue weighted by molar-refractivity contribution is 7.89. The van der Waals surface area contributed by atoms with E-state index in [0.717, 1.165) is 33.8 Å². The van der Waals surface area contributed by atoms with Crippen LogP contribution in [-0.4, -0.2) is 45.6 Å². The minimum absolute atomic E-state index is 0.251. The summed E-state index contributed by atoms with van der Waals surface area (Å²) >= 11 is 0. The van der Waals surface area contributed by atoms with Gasteiger partial charge >= 0.3 is 0 Å². The minimum atomic E-state index is -3.70. The second-order valence-electron chi connectivity index (χ2n) is 9.32. The molecule has 1 atom stereocenters. The summed E-state index contributed by atoms with van der Waals surface area (Å²) in [5.41, 5.74) is 4.69. The number of aromatic nitrogens is 4. The molecule has 9 heteroatoms. The molecule has 2 aromatic carbocycles. The number of nitrogens with zero attached hydrogens (tertiary/aromatic N) is 5. The maximum atomic E-state index is 13.7. The summed E-state index contributed by atoms with van der Waals surface area (Å²) in [5, 5.41) is 4.58. The van der Waals surface area contributed by atoms with E-state index in [2.05, 4.69) is 27.5 Å². The van der Waals surface area contributed by atoms with Crippen LogP contribution in [0.5, 0.6) is 0 Å². The van der Waals surface area contributed by atoms with Crippen LogP contribution in [0, 0.1) is 19.1 Å². The van der Waals surface area contributed by atoms with Crippen LogP contribution in [0.15, 0.2) is 77.5 Å². The molecule has 1 aliphatic heterocycles. The maximum Gasteiger partial charge on any atom is 0.243 e. The highest BCUT2D eigenvalue weighted by Gasteiger charge is 2.48. The number of rotatable bonds is 4. The fourth-order valence-electron chi connectivity index (χ4n) is 5.30. The van der Waals surface area contributed by atoms with E-state index < -0.39 is 15.4 Å². The van der Waals surface area contributed by atoms with Gasteiger partial charge in [0.15, 0.2) is 6.33 Å². The summed E-state index contributed by atoms with van der Waals surface area (Å²) < 4.78 is 44.2. The summed E-state index contributed by atoms with van der Waals surface area (Å²) in [4.78, 5) is 8.71. The summed E-state index contributed by atoms with van der Waals surface area (Å²) in [7, 11) is -3.70. The first-order valence-electron chi connectivity index (χ1n) is 11.7. The molecule has 181 valence electrons. The molecule has 36 heavy (non-hydrogen) atoms. The summed E-state index contributed by atoms with van der Waals surface area (Å²) in [6.07, 6.45) is 9.29. The molecular formula is C27H23FN5O2S. The lowest BCUT2D eigenvalue weighted by Gasteiger charge is -2.45. The fourth-order valence-corrected chi connectivity index (χ4v) is 6.91. The Balaban J connectivity index is 1.45. The summed E-state index contributed by atoms with van der Waals surface area (Å²) in [5.74, 6) is -0.306. The SMILES string of the molecule is Cc1cccc(S(=O)(=O)N2CCC3=Cc4c(cnn4-c4ccc(F)cc4)C[C@]3(c3ccn[c]n3)C2)c1. The fraction of sp³-hybridized carbons (Fsp3) is 0.222. The van der Waals surface area contributed by atoms with Crippen molar-refractivity contribution < 1.29 is 12.8 Å². The van der Waals surface area contributed by atoms with Crippen LogP contribution in [0.1, 0.15) is 28.9 Å². The van der Waals surface area contributed by atoms with Crippen molar-refractivity contribution >= 4 is 16.1 Å². The van der Waals surface area contributed by atoms with Crippen molar-refractivity contribution in [2.75, 3.05) is 13.1 Å². The highest BCUT2D eigenvalue weighted by atomic mass is 32.2. The predicted octanol–water partition coefficient (Wildman–Crippen LogP) is 3.88. The normalized spacial score (nSPS) is 19.9. The lowest BCUT2D eigenvalue weighted by molar-refractivity contribution is 0.278. The number of sulfonamides is 1. The van der Waals surface area contributed by atoms with E-state index >= 15 is 0 Å². The molecule has 2 aliphatic rings. The second kappa shape index (κ2) is 8.46. The average molecular weight is 501 g/mol. The molecule has 1 aliphatic carbocycles. The lowest BCUT2D eigenvalue weighted by Crippen LogP contribution is -2.52. The van der Waals surface area contributed by atoms with Gasteiger partial charge in [0.1, 0.15) is 5.82 Å². The molecule has 6 rings (SSSR count).